The van der Waals surface area contributed by atoms with E-state index in [1.807, 2.05) is 24.3 Å². The van der Waals surface area contributed by atoms with E-state index in [0.717, 1.165) is 10.9 Å². The van der Waals surface area contributed by atoms with Crippen LogP contribution in [0.1, 0.15) is 10.4 Å². The van der Waals surface area contributed by atoms with E-state index in [2.05, 4.69) is 4.98 Å². The number of hydrogen-bond donors (Lipinski definition) is 1. The molecule has 0 spiro atoms. The average Bonchev–Trinajstić information content (AvgIpc) is 2.27. The van der Waals surface area contributed by atoms with Crippen LogP contribution in [0, 0.1) is 0 Å². The number of fused-ring (bicyclic) bond motifs is 1. The van der Waals surface area contributed by atoms with Gasteiger partial charge in [-0.25, -0.2) is 0 Å². The fourth-order valence-corrected chi connectivity index (χ4v) is 1.37. The maximum absolute atomic E-state index is 11.3. The van der Waals surface area contributed by atoms with Gasteiger partial charge in [0.25, 0.3) is 0 Å². The molecule has 14 heavy (non-hydrogen) atoms. The highest BCUT2D eigenvalue weighted by atomic mass is 16.1. The first-order valence-electron chi connectivity index (χ1n) is 4.39. The molecule has 0 saturated carbocycles. The van der Waals surface area contributed by atoms with Crippen molar-refractivity contribution in [3.05, 3.63) is 42.1 Å². The van der Waals surface area contributed by atoms with E-state index in [1.165, 1.54) is 0 Å². The molecule has 1 aromatic carbocycles. The van der Waals surface area contributed by atoms with Crippen LogP contribution < -0.4 is 5.73 Å². The normalized spacial score (nSPS) is 10.4. The SMILES string of the molecule is NCC(=O)c1ccc2ncccc2c1. The lowest BCUT2D eigenvalue weighted by molar-refractivity contribution is 0.100. The molecule has 0 radical (unpaired) electrons. The van der Waals surface area contributed by atoms with Gasteiger partial charge in [-0.15, -0.1) is 0 Å². The molecule has 0 amide bonds. The lowest BCUT2D eigenvalue weighted by Crippen LogP contribution is -2.13. The van der Waals surface area contributed by atoms with Crippen molar-refractivity contribution in [1.82, 2.24) is 4.98 Å². The van der Waals surface area contributed by atoms with Crippen LogP contribution in [-0.2, 0) is 0 Å². The minimum atomic E-state index is -0.0456. The van der Waals surface area contributed by atoms with Crippen molar-refractivity contribution < 1.29 is 4.79 Å². The standard InChI is InChI=1S/C11H10N2O/c12-7-11(14)9-3-4-10-8(6-9)2-1-5-13-10/h1-6H,7,12H2. The number of hydrogen-bond acceptors (Lipinski definition) is 3. The van der Waals surface area contributed by atoms with E-state index in [1.54, 1.807) is 12.3 Å². The number of ketones is 1. The van der Waals surface area contributed by atoms with Gasteiger partial charge in [-0.2, -0.15) is 0 Å². The van der Waals surface area contributed by atoms with Gasteiger partial charge in [0.1, 0.15) is 0 Å². The zero-order chi connectivity index (χ0) is 9.97. The number of benzene rings is 1. The van der Waals surface area contributed by atoms with E-state index in [4.69, 9.17) is 5.73 Å². The molecular weight excluding hydrogens is 176 g/mol. The summed E-state index contributed by atoms with van der Waals surface area (Å²) in [6.07, 6.45) is 1.73. The second-order valence-electron chi connectivity index (χ2n) is 3.04. The number of nitrogens with zero attached hydrogens (tertiary/aromatic N) is 1. The van der Waals surface area contributed by atoms with Crippen LogP contribution in [-0.4, -0.2) is 17.3 Å². The fourth-order valence-electron chi connectivity index (χ4n) is 1.37. The van der Waals surface area contributed by atoms with Crippen LogP contribution in [0.15, 0.2) is 36.5 Å². The highest BCUT2D eigenvalue weighted by molar-refractivity contribution is 6.00. The van der Waals surface area contributed by atoms with Crippen LogP contribution in [0.5, 0.6) is 0 Å². The summed E-state index contributed by atoms with van der Waals surface area (Å²) in [6.45, 7) is 0.0474. The number of pyridine rings is 1. The number of rotatable bonds is 2. The molecule has 0 atom stereocenters. The molecular formula is C11H10N2O. The second kappa shape index (κ2) is 3.55. The highest BCUT2D eigenvalue weighted by Crippen LogP contribution is 2.13. The Kier molecular flexibility index (Phi) is 2.24. The molecule has 1 heterocycles. The Bertz CT molecular complexity index is 479. The number of aromatic nitrogens is 1. The number of carbonyl (C=O) groups is 1. The Morgan fingerprint density at radius 2 is 2.21 bits per heavy atom. The molecule has 3 heteroatoms. The van der Waals surface area contributed by atoms with Gasteiger partial charge >= 0.3 is 0 Å². The molecule has 0 aliphatic carbocycles. The first kappa shape index (κ1) is 8.84. The lowest BCUT2D eigenvalue weighted by Gasteiger charge is -2.00. The van der Waals surface area contributed by atoms with E-state index in [0.29, 0.717) is 5.56 Å². The largest absolute Gasteiger partial charge is 0.324 e. The maximum Gasteiger partial charge on any atom is 0.176 e. The summed E-state index contributed by atoms with van der Waals surface area (Å²) in [6, 6.07) is 9.18. The van der Waals surface area contributed by atoms with E-state index >= 15 is 0 Å². The van der Waals surface area contributed by atoms with Crippen LogP contribution in [0.25, 0.3) is 10.9 Å². The molecule has 0 saturated heterocycles. The van der Waals surface area contributed by atoms with Gasteiger partial charge in [-0.05, 0) is 24.3 Å². The van der Waals surface area contributed by atoms with Crippen molar-refractivity contribution in [3.8, 4) is 0 Å². The number of Topliss-reactive ketones (excluding diaryl/α,β-unsaturated/α-hetero) is 1. The highest BCUT2D eigenvalue weighted by Gasteiger charge is 2.03. The van der Waals surface area contributed by atoms with Crippen LogP contribution >= 0.6 is 0 Å². The molecule has 0 fully saturated rings. The van der Waals surface area contributed by atoms with Gasteiger partial charge in [0, 0.05) is 17.1 Å². The summed E-state index contributed by atoms with van der Waals surface area (Å²) in [5.41, 5.74) is 6.82. The summed E-state index contributed by atoms with van der Waals surface area (Å²) in [5, 5.41) is 0.965. The Labute approximate surface area is 81.6 Å². The predicted molar refractivity (Wildman–Crippen MR) is 55.1 cm³/mol. The third-order valence-electron chi connectivity index (χ3n) is 2.11. The molecule has 0 aliphatic heterocycles. The molecule has 3 nitrogen and oxygen atoms in total. The van der Waals surface area contributed by atoms with Gasteiger partial charge in [0.05, 0.1) is 12.1 Å². The fraction of sp³-hybridized carbons (Fsp3) is 0.0909. The topological polar surface area (TPSA) is 56.0 Å². The molecule has 2 N–H and O–H groups in total. The predicted octanol–water partition coefficient (Wildman–Crippen LogP) is 1.38. The number of nitrogens with two attached hydrogens (primary N) is 1. The average molecular weight is 186 g/mol. The molecule has 2 rings (SSSR count). The Morgan fingerprint density at radius 3 is 3.00 bits per heavy atom. The van der Waals surface area contributed by atoms with Gasteiger partial charge in [-0.1, -0.05) is 6.07 Å². The Balaban J connectivity index is 2.56. The quantitative estimate of drug-likeness (QED) is 0.721. The van der Waals surface area contributed by atoms with Gasteiger partial charge in [-0.3, -0.25) is 9.78 Å². The first-order chi connectivity index (χ1) is 6.81. The summed E-state index contributed by atoms with van der Waals surface area (Å²) in [7, 11) is 0. The van der Waals surface area contributed by atoms with Crippen molar-refractivity contribution in [2.75, 3.05) is 6.54 Å². The van der Waals surface area contributed by atoms with Crippen LogP contribution in [0.3, 0.4) is 0 Å². The number of carbonyl (C=O) groups excluding carboxylic acids is 1. The van der Waals surface area contributed by atoms with Crippen molar-refractivity contribution in [2.45, 2.75) is 0 Å². The van der Waals surface area contributed by atoms with Crippen molar-refractivity contribution >= 4 is 16.7 Å². The minimum Gasteiger partial charge on any atom is -0.324 e. The minimum absolute atomic E-state index is 0.0456. The molecule has 0 unspecified atom stereocenters. The first-order valence-corrected chi connectivity index (χ1v) is 4.39. The maximum atomic E-state index is 11.3. The molecule has 0 aliphatic rings. The van der Waals surface area contributed by atoms with Crippen molar-refractivity contribution in [3.63, 3.8) is 0 Å². The smallest absolute Gasteiger partial charge is 0.176 e. The molecule has 70 valence electrons. The van der Waals surface area contributed by atoms with Gasteiger partial charge < -0.3 is 5.73 Å². The summed E-state index contributed by atoms with van der Waals surface area (Å²) >= 11 is 0. The third kappa shape index (κ3) is 1.49. The van der Waals surface area contributed by atoms with E-state index in [-0.39, 0.29) is 12.3 Å². The van der Waals surface area contributed by atoms with E-state index in [9.17, 15) is 4.79 Å². The summed E-state index contributed by atoms with van der Waals surface area (Å²) in [4.78, 5) is 15.5. The van der Waals surface area contributed by atoms with Crippen molar-refractivity contribution in [2.24, 2.45) is 5.73 Å². The Morgan fingerprint density at radius 1 is 1.36 bits per heavy atom. The lowest BCUT2D eigenvalue weighted by atomic mass is 10.1. The zero-order valence-electron chi connectivity index (χ0n) is 7.60. The molecule has 1 aromatic heterocycles. The molecule has 2 aromatic rings. The van der Waals surface area contributed by atoms with Crippen LogP contribution in [0.4, 0.5) is 0 Å². The zero-order valence-corrected chi connectivity index (χ0v) is 7.60. The van der Waals surface area contributed by atoms with Gasteiger partial charge in [0.15, 0.2) is 5.78 Å². The summed E-state index contributed by atoms with van der Waals surface area (Å²) < 4.78 is 0. The van der Waals surface area contributed by atoms with Crippen molar-refractivity contribution in [1.29, 1.82) is 0 Å². The van der Waals surface area contributed by atoms with Gasteiger partial charge in [0.2, 0.25) is 0 Å². The molecule has 0 bridgehead atoms. The van der Waals surface area contributed by atoms with E-state index < -0.39 is 0 Å². The Hall–Kier alpha value is -1.74. The summed E-state index contributed by atoms with van der Waals surface area (Å²) in [5.74, 6) is -0.0456. The monoisotopic (exact) mass is 186 g/mol. The third-order valence-corrected chi connectivity index (χ3v) is 2.11. The van der Waals surface area contributed by atoms with Crippen LogP contribution in [0.2, 0.25) is 0 Å². The second-order valence-corrected chi connectivity index (χ2v) is 3.04.